The average Bonchev–Trinajstić information content (AvgIpc) is 2.41. The number of carbonyl (C=O) groups excluding carboxylic acids is 1. The standard InChI is InChI=1S/C16H31N3O/c1-13(2)12-18-7-9-19(10-8-18)16(20)11-14-5-3-4-6-15(14)17/h13-15H,3-12,17H2,1-2H3. The maximum Gasteiger partial charge on any atom is 0.222 e. The van der Waals surface area contributed by atoms with E-state index in [0.29, 0.717) is 24.2 Å². The van der Waals surface area contributed by atoms with Crippen LogP contribution in [0.15, 0.2) is 0 Å². The lowest BCUT2D eigenvalue weighted by Gasteiger charge is -2.37. The third-order valence-electron chi connectivity index (χ3n) is 4.75. The van der Waals surface area contributed by atoms with Crippen LogP contribution in [0.25, 0.3) is 0 Å². The van der Waals surface area contributed by atoms with Gasteiger partial charge in [-0.2, -0.15) is 0 Å². The van der Waals surface area contributed by atoms with Crippen molar-refractivity contribution in [2.24, 2.45) is 17.6 Å². The maximum atomic E-state index is 12.4. The normalized spacial score (nSPS) is 28.9. The van der Waals surface area contributed by atoms with Gasteiger partial charge in [0.2, 0.25) is 5.91 Å². The summed E-state index contributed by atoms with van der Waals surface area (Å²) in [5.41, 5.74) is 6.15. The minimum Gasteiger partial charge on any atom is -0.340 e. The summed E-state index contributed by atoms with van der Waals surface area (Å²) >= 11 is 0. The zero-order valence-corrected chi connectivity index (χ0v) is 13.2. The highest BCUT2D eigenvalue weighted by Crippen LogP contribution is 2.26. The van der Waals surface area contributed by atoms with Crippen molar-refractivity contribution in [3.05, 3.63) is 0 Å². The minimum atomic E-state index is 0.245. The number of piperazine rings is 1. The van der Waals surface area contributed by atoms with Crippen LogP contribution in [0.3, 0.4) is 0 Å². The van der Waals surface area contributed by atoms with E-state index < -0.39 is 0 Å². The first-order chi connectivity index (χ1) is 9.56. The van der Waals surface area contributed by atoms with Crippen molar-refractivity contribution in [1.82, 2.24) is 9.80 Å². The Hall–Kier alpha value is -0.610. The van der Waals surface area contributed by atoms with E-state index in [1.165, 1.54) is 12.8 Å². The fraction of sp³-hybridized carbons (Fsp3) is 0.938. The van der Waals surface area contributed by atoms with Crippen molar-refractivity contribution in [3.8, 4) is 0 Å². The fourth-order valence-corrected chi connectivity index (χ4v) is 3.54. The number of carbonyl (C=O) groups is 1. The van der Waals surface area contributed by atoms with E-state index in [2.05, 4.69) is 23.6 Å². The molecule has 20 heavy (non-hydrogen) atoms. The molecule has 0 aromatic rings. The van der Waals surface area contributed by atoms with Crippen molar-refractivity contribution in [3.63, 3.8) is 0 Å². The quantitative estimate of drug-likeness (QED) is 0.853. The molecule has 2 rings (SSSR count). The molecule has 2 unspecified atom stereocenters. The molecule has 4 nitrogen and oxygen atoms in total. The van der Waals surface area contributed by atoms with Crippen LogP contribution >= 0.6 is 0 Å². The Labute approximate surface area is 123 Å². The first kappa shape index (κ1) is 15.8. The summed E-state index contributed by atoms with van der Waals surface area (Å²) in [6.45, 7) is 9.50. The van der Waals surface area contributed by atoms with Gasteiger partial charge in [0.1, 0.15) is 0 Å². The van der Waals surface area contributed by atoms with Crippen LogP contribution in [0.2, 0.25) is 0 Å². The van der Waals surface area contributed by atoms with E-state index >= 15 is 0 Å². The second-order valence-corrected chi connectivity index (χ2v) is 6.99. The highest BCUT2D eigenvalue weighted by atomic mass is 16.2. The molecule has 0 aromatic heterocycles. The Balaban J connectivity index is 1.74. The van der Waals surface area contributed by atoms with Gasteiger partial charge in [0.15, 0.2) is 0 Å². The topological polar surface area (TPSA) is 49.6 Å². The Kier molecular flexibility index (Phi) is 5.85. The number of rotatable bonds is 4. The van der Waals surface area contributed by atoms with Crippen molar-refractivity contribution in [1.29, 1.82) is 0 Å². The molecule has 0 aromatic carbocycles. The van der Waals surface area contributed by atoms with Gasteiger partial charge in [-0.3, -0.25) is 9.69 Å². The highest BCUT2D eigenvalue weighted by Gasteiger charge is 2.28. The van der Waals surface area contributed by atoms with Gasteiger partial charge in [-0.1, -0.05) is 26.7 Å². The first-order valence-corrected chi connectivity index (χ1v) is 8.32. The first-order valence-electron chi connectivity index (χ1n) is 8.32. The molecule has 2 fully saturated rings. The molecular formula is C16H31N3O. The summed E-state index contributed by atoms with van der Waals surface area (Å²) in [7, 11) is 0. The van der Waals surface area contributed by atoms with E-state index in [4.69, 9.17) is 5.73 Å². The molecule has 116 valence electrons. The van der Waals surface area contributed by atoms with Gasteiger partial charge in [0.05, 0.1) is 0 Å². The summed E-state index contributed by atoms with van der Waals surface area (Å²) in [5.74, 6) is 1.46. The van der Waals surface area contributed by atoms with Crippen LogP contribution < -0.4 is 5.73 Å². The number of hydrogen-bond donors (Lipinski definition) is 1. The maximum absolute atomic E-state index is 12.4. The molecule has 2 atom stereocenters. The Bertz CT molecular complexity index is 311. The van der Waals surface area contributed by atoms with Gasteiger partial charge in [0, 0.05) is 45.2 Å². The third kappa shape index (κ3) is 4.45. The molecular weight excluding hydrogens is 250 g/mol. The van der Waals surface area contributed by atoms with Gasteiger partial charge in [-0.15, -0.1) is 0 Å². The molecule has 0 spiro atoms. The lowest BCUT2D eigenvalue weighted by molar-refractivity contribution is -0.134. The summed E-state index contributed by atoms with van der Waals surface area (Å²) in [4.78, 5) is 16.9. The SMILES string of the molecule is CC(C)CN1CCN(C(=O)CC2CCCCC2N)CC1. The van der Waals surface area contributed by atoms with Crippen LogP contribution in [0.4, 0.5) is 0 Å². The van der Waals surface area contributed by atoms with Crippen LogP contribution in [-0.4, -0.2) is 54.5 Å². The van der Waals surface area contributed by atoms with E-state index in [0.717, 1.165) is 45.6 Å². The predicted octanol–water partition coefficient (Wildman–Crippen LogP) is 1.69. The molecule has 1 saturated heterocycles. The third-order valence-corrected chi connectivity index (χ3v) is 4.75. The summed E-state index contributed by atoms with van der Waals surface area (Å²) in [6, 6.07) is 0.245. The molecule has 1 amide bonds. The molecule has 1 heterocycles. The van der Waals surface area contributed by atoms with Crippen molar-refractivity contribution in [2.45, 2.75) is 52.0 Å². The minimum absolute atomic E-state index is 0.245. The highest BCUT2D eigenvalue weighted by molar-refractivity contribution is 5.76. The van der Waals surface area contributed by atoms with Gasteiger partial charge in [-0.05, 0) is 24.7 Å². The Morgan fingerprint density at radius 2 is 1.80 bits per heavy atom. The van der Waals surface area contributed by atoms with Crippen LogP contribution in [0, 0.1) is 11.8 Å². The summed E-state index contributed by atoms with van der Waals surface area (Å²) < 4.78 is 0. The smallest absolute Gasteiger partial charge is 0.222 e. The van der Waals surface area contributed by atoms with Gasteiger partial charge < -0.3 is 10.6 Å². The van der Waals surface area contributed by atoms with Gasteiger partial charge in [0.25, 0.3) is 0 Å². The largest absolute Gasteiger partial charge is 0.340 e. The molecule has 0 radical (unpaired) electrons. The Morgan fingerprint density at radius 3 is 2.40 bits per heavy atom. The number of hydrogen-bond acceptors (Lipinski definition) is 3. The van der Waals surface area contributed by atoms with E-state index in [1.54, 1.807) is 0 Å². The van der Waals surface area contributed by atoms with Gasteiger partial charge >= 0.3 is 0 Å². The van der Waals surface area contributed by atoms with E-state index in [1.807, 2.05) is 0 Å². The van der Waals surface area contributed by atoms with Crippen molar-refractivity contribution in [2.75, 3.05) is 32.7 Å². The fourth-order valence-electron chi connectivity index (χ4n) is 3.54. The number of nitrogens with zero attached hydrogens (tertiary/aromatic N) is 2. The average molecular weight is 281 g/mol. The zero-order valence-electron chi connectivity index (χ0n) is 13.2. The van der Waals surface area contributed by atoms with Gasteiger partial charge in [-0.25, -0.2) is 0 Å². The molecule has 1 saturated carbocycles. The van der Waals surface area contributed by atoms with E-state index in [9.17, 15) is 4.79 Å². The molecule has 1 aliphatic carbocycles. The monoisotopic (exact) mass is 281 g/mol. The summed E-state index contributed by atoms with van der Waals surface area (Å²) in [6.07, 6.45) is 5.39. The molecule has 2 aliphatic rings. The van der Waals surface area contributed by atoms with Crippen LogP contribution in [-0.2, 0) is 4.79 Å². The molecule has 1 aliphatic heterocycles. The second-order valence-electron chi connectivity index (χ2n) is 6.99. The van der Waals surface area contributed by atoms with Crippen molar-refractivity contribution < 1.29 is 4.79 Å². The summed E-state index contributed by atoms with van der Waals surface area (Å²) in [5, 5.41) is 0. The lowest BCUT2D eigenvalue weighted by atomic mass is 9.82. The Morgan fingerprint density at radius 1 is 1.15 bits per heavy atom. The van der Waals surface area contributed by atoms with Crippen LogP contribution in [0.1, 0.15) is 46.0 Å². The van der Waals surface area contributed by atoms with E-state index in [-0.39, 0.29) is 6.04 Å². The number of nitrogens with two attached hydrogens (primary N) is 1. The predicted molar refractivity (Wildman–Crippen MR) is 82.4 cm³/mol. The second kappa shape index (κ2) is 7.41. The molecule has 4 heteroatoms. The lowest BCUT2D eigenvalue weighted by Crippen LogP contribution is -2.50. The number of amides is 1. The van der Waals surface area contributed by atoms with Crippen LogP contribution in [0.5, 0.6) is 0 Å². The molecule has 0 bridgehead atoms. The molecule has 2 N–H and O–H groups in total. The van der Waals surface area contributed by atoms with Crippen molar-refractivity contribution >= 4 is 5.91 Å². The zero-order chi connectivity index (χ0) is 14.5.